The molecule has 0 fully saturated rings. The van der Waals surface area contributed by atoms with E-state index in [4.69, 9.17) is 10.2 Å². The smallest absolute Gasteiger partial charge is 0.323 e. The average molecular weight is 300 g/mol. The summed E-state index contributed by atoms with van der Waals surface area (Å²) in [4.78, 5) is 24.4. The van der Waals surface area contributed by atoms with Crippen LogP contribution >= 0.6 is 0 Å². The van der Waals surface area contributed by atoms with E-state index in [2.05, 4.69) is 0 Å². The Kier molecular flexibility index (Phi) is 6.35. The van der Waals surface area contributed by atoms with Crippen LogP contribution in [0.4, 0.5) is 0 Å². The van der Waals surface area contributed by atoms with E-state index in [1.54, 1.807) is 4.90 Å². The van der Waals surface area contributed by atoms with E-state index in [1.165, 1.54) is 4.57 Å². The molecule has 0 bridgehead atoms. The zero-order valence-electron chi connectivity index (χ0n) is 11.8. The maximum atomic E-state index is 11.7. The predicted molar refractivity (Wildman–Crippen MR) is 74.0 cm³/mol. The number of aliphatic carboxylic acids is 1. The molecule has 0 radical (unpaired) electrons. The molecule has 0 aliphatic carbocycles. The molecule has 8 heteroatoms. The lowest BCUT2D eigenvalue weighted by atomic mass is 10.2. The van der Waals surface area contributed by atoms with Crippen molar-refractivity contribution in [2.75, 3.05) is 19.7 Å². The Morgan fingerprint density at radius 3 is 2.52 bits per heavy atom. The van der Waals surface area contributed by atoms with Crippen LogP contribution in [0.5, 0.6) is 5.75 Å². The maximum absolute atomic E-state index is 11.7. The molecule has 1 rings (SSSR count). The first-order valence-corrected chi connectivity index (χ1v) is 6.55. The summed E-state index contributed by atoms with van der Waals surface area (Å²) in [6.45, 7) is 1.71. The fourth-order valence-electron chi connectivity index (χ4n) is 2.07. The topological polar surface area (TPSA) is 123 Å². The summed E-state index contributed by atoms with van der Waals surface area (Å²) in [6, 6.07) is 1.02. The molecule has 1 aromatic heterocycles. The largest absolute Gasteiger partial charge is 0.503 e. The SMILES string of the molecule is CCN(CCO)Cc1c(O)c(=O)cc(CO)n1CC(=O)O. The summed E-state index contributed by atoms with van der Waals surface area (Å²) in [5.74, 6) is -1.69. The Morgan fingerprint density at radius 2 is 2.05 bits per heavy atom. The molecule has 0 aliphatic rings. The number of pyridine rings is 1. The molecule has 1 aromatic rings. The minimum atomic E-state index is -1.15. The normalized spacial score (nSPS) is 11.0. The first-order valence-electron chi connectivity index (χ1n) is 6.55. The number of hydrogen-bond acceptors (Lipinski definition) is 6. The fourth-order valence-corrected chi connectivity index (χ4v) is 2.07. The van der Waals surface area contributed by atoms with E-state index < -0.39 is 30.3 Å². The van der Waals surface area contributed by atoms with Crippen molar-refractivity contribution < 1.29 is 25.2 Å². The van der Waals surface area contributed by atoms with Crippen molar-refractivity contribution >= 4 is 5.97 Å². The van der Waals surface area contributed by atoms with Crippen molar-refractivity contribution in [2.45, 2.75) is 26.6 Å². The van der Waals surface area contributed by atoms with Crippen molar-refractivity contribution in [2.24, 2.45) is 0 Å². The molecule has 4 N–H and O–H groups in total. The molecule has 118 valence electrons. The van der Waals surface area contributed by atoms with Gasteiger partial charge in [-0.25, -0.2) is 0 Å². The number of carbonyl (C=O) groups is 1. The van der Waals surface area contributed by atoms with Gasteiger partial charge in [0.2, 0.25) is 5.43 Å². The van der Waals surface area contributed by atoms with Gasteiger partial charge >= 0.3 is 5.97 Å². The van der Waals surface area contributed by atoms with E-state index in [-0.39, 0.29) is 24.5 Å². The number of aliphatic hydroxyl groups excluding tert-OH is 2. The van der Waals surface area contributed by atoms with Gasteiger partial charge in [-0.15, -0.1) is 0 Å². The summed E-state index contributed by atoms with van der Waals surface area (Å²) in [5.41, 5.74) is -0.435. The molecule has 0 aliphatic heterocycles. The van der Waals surface area contributed by atoms with E-state index in [1.807, 2.05) is 6.92 Å². The van der Waals surface area contributed by atoms with Gasteiger partial charge in [0, 0.05) is 24.8 Å². The minimum Gasteiger partial charge on any atom is -0.503 e. The molecule has 0 saturated heterocycles. The van der Waals surface area contributed by atoms with Crippen molar-refractivity contribution in [3.05, 3.63) is 27.7 Å². The Hall–Kier alpha value is -1.90. The Bertz CT molecular complexity index is 554. The molecule has 0 aromatic carbocycles. The second kappa shape index (κ2) is 7.77. The first kappa shape index (κ1) is 17.2. The molecule has 0 saturated carbocycles. The van der Waals surface area contributed by atoms with Gasteiger partial charge in [-0.3, -0.25) is 14.5 Å². The van der Waals surface area contributed by atoms with Crippen molar-refractivity contribution in [3.8, 4) is 5.75 Å². The highest BCUT2D eigenvalue weighted by Gasteiger charge is 2.18. The number of carboxylic acid groups (broad SMARTS) is 1. The standard InChI is InChI=1S/C13H20N2O6/c1-2-14(3-4-16)6-10-13(21)11(18)5-9(8-17)15(10)7-12(19)20/h5,16-17,21H,2-4,6-8H2,1H3,(H,19,20). The molecular formula is C13H20N2O6. The van der Waals surface area contributed by atoms with Crippen LogP contribution in [0.2, 0.25) is 0 Å². The van der Waals surface area contributed by atoms with Crippen LogP contribution in [-0.4, -0.2) is 55.6 Å². The Balaban J connectivity index is 3.34. The van der Waals surface area contributed by atoms with Crippen LogP contribution in [0.15, 0.2) is 10.9 Å². The van der Waals surface area contributed by atoms with Gasteiger partial charge in [-0.1, -0.05) is 6.92 Å². The van der Waals surface area contributed by atoms with Gasteiger partial charge in [0.25, 0.3) is 0 Å². The van der Waals surface area contributed by atoms with Crippen LogP contribution in [0, 0.1) is 0 Å². The molecular weight excluding hydrogens is 280 g/mol. The zero-order chi connectivity index (χ0) is 16.0. The van der Waals surface area contributed by atoms with E-state index in [0.29, 0.717) is 13.1 Å². The monoisotopic (exact) mass is 300 g/mol. The third-order valence-corrected chi connectivity index (χ3v) is 3.17. The highest BCUT2D eigenvalue weighted by Crippen LogP contribution is 2.17. The zero-order valence-corrected chi connectivity index (χ0v) is 11.8. The average Bonchev–Trinajstić information content (AvgIpc) is 2.44. The quantitative estimate of drug-likeness (QED) is 0.483. The van der Waals surface area contributed by atoms with Gasteiger partial charge in [-0.05, 0) is 6.54 Å². The number of rotatable bonds is 8. The second-order valence-electron chi connectivity index (χ2n) is 4.53. The van der Waals surface area contributed by atoms with Crippen LogP contribution < -0.4 is 5.43 Å². The minimum absolute atomic E-state index is 0.0965. The van der Waals surface area contributed by atoms with Gasteiger partial charge < -0.3 is 25.0 Å². The molecule has 0 spiro atoms. The first-order chi connectivity index (χ1) is 9.94. The lowest BCUT2D eigenvalue weighted by Gasteiger charge is -2.23. The number of carboxylic acids is 1. The lowest BCUT2D eigenvalue weighted by molar-refractivity contribution is -0.137. The summed E-state index contributed by atoms with van der Waals surface area (Å²) >= 11 is 0. The van der Waals surface area contributed by atoms with Crippen LogP contribution in [0.3, 0.4) is 0 Å². The highest BCUT2D eigenvalue weighted by molar-refractivity contribution is 5.67. The Labute approximate surface area is 121 Å². The summed E-state index contributed by atoms with van der Waals surface area (Å²) < 4.78 is 1.21. The van der Waals surface area contributed by atoms with Crippen LogP contribution in [0.25, 0.3) is 0 Å². The number of nitrogens with zero attached hydrogens (tertiary/aromatic N) is 2. The molecule has 0 atom stereocenters. The summed E-state index contributed by atoms with van der Waals surface area (Å²) in [6.07, 6.45) is 0. The molecule has 8 nitrogen and oxygen atoms in total. The number of likely N-dealkylation sites (N-methyl/N-ethyl adjacent to an activating group) is 1. The number of aliphatic hydroxyl groups is 2. The number of aromatic hydroxyl groups is 1. The van der Waals surface area contributed by atoms with Gasteiger partial charge in [0.1, 0.15) is 6.54 Å². The number of hydrogen-bond donors (Lipinski definition) is 4. The van der Waals surface area contributed by atoms with Gasteiger partial charge in [0.05, 0.1) is 18.9 Å². The molecule has 1 heterocycles. The second-order valence-corrected chi connectivity index (χ2v) is 4.53. The molecule has 0 unspecified atom stereocenters. The van der Waals surface area contributed by atoms with Crippen LogP contribution in [-0.2, 0) is 24.5 Å². The van der Waals surface area contributed by atoms with Crippen molar-refractivity contribution in [1.29, 1.82) is 0 Å². The third kappa shape index (κ3) is 4.28. The van der Waals surface area contributed by atoms with E-state index in [9.17, 15) is 19.8 Å². The Morgan fingerprint density at radius 1 is 1.38 bits per heavy atom. The van der Waals surface area contributed by atoms with Crippen molar-refractivity contribution in [3.63, 3.8) is 0 Å². The molecule has 0 amide bonds. The van der Waals surface area contributed by atoms with E-state index in [0.717, 1.165) is 6.07 Å². The predicted octanol–water partition coefficient (Wildman–Crippen LogP) is -1.06. The summed E-state index contributed by atoms with van der Waals surface area (Å²) in [7, 11) is 0. The van der Waals surface area contributed by atoms with Crippen LogP contribution in [0.1, 0.15) is 18.3 Å². The van der Waals surface area contributed by atoms with Gasteiger partial charge in [-0.2, -0.15) is 0 Å². The van der Waals surface area contributed by atoms with E-state index >= 15 is 0 Å². The highest BCUT2D eigenvalue weighted by atomic mass is 16.4. The lowest BCUT2D eigenvalue weighted by Crippen LogP contribution is -2.30. The summed E-state index contributed by atoms with van der Waals surface area (Å²) in [5, 5.41) is 37.1. The molecule has 21 heavy (non-hydrogen) atoms. The maximum Gasteiger partial charge on any atom is 0.323 e. The third-order valence-electron chi connectivity index (χ3n) is 3.17. The van der Waals surface area contributed by atoms with Gasteiger partial charge in [0.15, 0.2) is 5.75 Å². The van der Waals surface area contributed by atoms with Crippen molar-refractivity contribution in [1.82, 2.24) is 9.47 Å². The number of aromatic nitrogens is 1. The fraction of sp³-hybridized carbons (Fsp3) is 0.538.